The van der Waals surface area contributed by atoms with Gasteiger partial charge in [-0.3, -0.25) is 4.79 Å². The van der Waals surface area contributed by atoms with Crippen molar-refractivity contribution in [3.63, 3.8) is 0 Å². The van der Waals surface area contributed by atoms with Gasteiger partial charge in [0.25, 0.3) is 0 Å². The topological polar surface area (TPSA) is 87.0 Å². The van der Waals surface area contributed by atoms with Crippen LogP contribution in [0.15, 0.2) is 0 Å². The molecule has 5 nitrogen and oxygen atoms in total. The number of aliphatic hydroxyl groups is 3. The third kappa shape index (κ3) is 13.8. The lowest BCUT2D eigenvalue weighted by molar-refractivity contribution is -0.140. The van der Waals surface area contributed by atoms with Crippen LogP contribution in [0.2, 0.25) is 0 Å². The van der Waals surface area contributed by atoms with Crippen molar-refractivity contribution in [3.8, 4) is 0 Å². The Balaban J connectivity index is 3.57. The van der Waals surface area contributed by atoms with Gasteiger partial charge in [0.2, 0.25) is 0 Å². The number of carbonyl (C=O) groups is 1. The Bertz CT molecular complexity index is 295. The van der Waals surface area contributed by atoms with Crippen molar-refractivity contribution < 1.29 is 24.9 Å². The molecule has 0 heterocycles. The van der Waals surface area contributed by atoms with E-state index in [1.54, 1.807) is 0 Å². The molecule has 24 heavy (non-hydrogen) atoms. The Kier molecular flexibility index (Phi) is 15.4. The zero-order chi connectivity index (χ0) is 18.2. The van der Waals surface area contributed by atoms with Crippen LogP contribution in [0.5, 0.6) is 0 Å². The van der Waals surface area contributed by atoms with Crippen LogP contribution < -0.4 is 0 Å². The molecule has 3 N–H and O–H groups in total. The highest BCUT2D eigenvalue weighted by Gasteiger charge is 2.19. The summed E-state index contributed by atoms with van der Waals surface area (Å²) in [5.74, 6) is -0.165. The average molecular weight is 347 g/mol. The van der Waals surface area contributed by atoms with E-state index in [1.165, 1.54) is 20.0 Å². The van der Waals surface area contributed by atoms with E-state index < -0.39 is 18.3 Å². The molecule has 0 aliphatic heterocycles. The van der Waals surface area contributed by atoms with Crippen LogP contribution in [0.25, 0.3) is 0 Å². The second-order valence-corrected chi connectivity index (χ2v) is 6.76. The highest BCUT2D eigenvalue weighted by molar-refractivity contribution is 5.68. The standard InChI is InChI=1S/C19H38O5/c1-3-4-5-9-12-16(20)15-18(22)17(21)13-10-7-6-8-11-14-19(23)24-2/h16-18,20-22H,3-15H2,1-2H3/t16?,17-,18?/m1/s1. The number of carbonyl (C=O) groups excluding carboxylic acids is 1. The van der Waals surface area contributed by atoms with Crippen molar-refractivity contribution in [1.29, 1.82) is 0 Å². The molecule has 0 saturated carbocycles. The number of aliphatic hydroxyl groups excluding tert-OH is 3. The van der Waals surface area contributed by atoms with Crippen molar-refractivity contribution in [2.45, 2.75) is 109 Å². The Labute approximate surface area is 147 Å². The van der Waals surface area contributed by atoms with Crippen LogP contribution in [0.4, 0.5) is 0 Å². The molecule has 0 amide bonds. The summed E-state index contributed by atoms with van der Waals surface area (Å²) in [4.78, 5) is 10.9. The number of hydrogen-bond donors (Lipinski definition) is 3. The Morgan fingerprint density at radius 1 is 0.833 bits per heavy atom. The molecule has 0 aromatic heterocycles. The number of esters is 1. The van der Waals surface area contributed by atoms with Gasteiger partial charge >= 0.3 is 5.97 Å². The van der Waals surface area contributed by atoms with E-state index >= 15 is 0 Å². The predicted octanol–water partition coefficient (Wildman–Crippen LogP) is 3.33. The molecule has 0 aliphatic rings. The molecule has 0 bridgehead atoms. The molecule has 0 radical (unpaired) electrons. The number of methoxy groups -OCH3 is 1. The Hall–Kier alpha value is -0.650. The monoisotopic (exact) mass is 346 g/mol. The van der Waals surface area contributed by atoms with Crippen molar-refractivity contribution >= 4 is 5.97 Å². The van der Waals surface area contributed by atoms with Crippen molar-refractivity contribution in [2.75, 3.05) is 7.11 Å². The molecule has 2 unspecified atom stereocenters. The Morgan fingerprint density at radius 3 is 2.08 bits per heavy atom. The third-order valence-electron chi connectivity index (χ3n) is 4.46. The fourth-order valence-corrected chi connectivity index (χ4v) is 2.81. The second-order valence-electron chi connectivity index (χ2n) is 6.76. The van der Waals surface area contributed by atoms with Crippen molar-refractivity contribution in [1.82, 2.24) is 0 Å². The molecule has 0 spiro atoms. The van der Waals surface area contributed by atoms with Gasteiger partial charge in [0.05, 0.1) is 25.4 Å². The van der Waals surface area contributed by atoms with Gasteiger partial charge < -0.3 is 20.1 Å². The molecule has 5 heteroatoms. The van der Waals surface area contributed by atoms with Crippen LogP contribution in [0, 0.1) is 0 Å². The maximum absolute atomic E-state index is 10.9. The summed E-state index contributed by atoms with van der Waals surface area (Å²) in [6, 6.07) is 0. The zero-order valence-corrected chi connectivity index (χ0v) is 15.6. The van der Waals surface area contributed by atoms with Crippen molar-refractivity contribution in [3.05, 3.63) is 0 Å². The van der Waals surface area contributed by atoms with Crippen LogP contribution in [-0.2, 0) is 9.53 Å². The van der Waals surface area contributed by atoms with Crippen LogP contribution >= 0.6 is 0 Å². The lowest BCUT2D eigenvalue weighted by Gasteiger charge is -2.20. The average Bonchev–Trinajstić information content (AvgIpc) is 2.57. The molecule has 144 valence electrons. The van der Waals surface area contributed by atoms with Gasteiger partial charge in [-0.25, -0.2) is 0 Å². The van der Waals surface area contributed by atoms with Gasteiger partial charge in [-0.05, 0) is 19.3 Å². The van der Waals surface area contributed by atoms with Crippen LogP contribution in [-0.4, -0.2) is 46.7 Å². The summed E-state index contributed by atoms with van der Waals surface area (Å²) in [5.41, 5.74) is 0. The molecule has 0 saturated heterocycles. The quantitative estimate of drug-likeness (QED) is 0.295. The van der Waals surface area contributed by atoms with E-state index in [0.717, 1.165) is 44.9 Å². The highest BCUT2D eigenvalue weighted by atomic mass is 16.5. The fourth-order valence-electron chi connectivity index (χ4n) is 2.81. The highest BCUT2D eigenvalue weighted by Crippen LogP contribution is 2.15. The second kappa shape index (κ2) is 15.9. The first-order valence-electron chi connectivity index (χ1n) is 9.62. The lowest BCUT2D eigenvalue weighted by Crippen LogP contribution is -2.30. The van der Waals surface area contributed by atoms with Gasteiger partial charge in [-0.15, -0.1) is 0 Å². The van der Waals surface area contributed by atoms with E-state index in [0.29, 0.717) is 19.3 Å². The lowest BCUT2D eigenvalue weighted by atomic mass is 9.98. The minimum Gasteiger partial charge on any atom is -0.469 e. The van der Waals surface area contributed by atoms with E-state index in [1.807, 2.05) is 0 Å². The van der Waals surface area contributed by atoms with Crippen LogP contribution in [0.3, 0.4) is 0 Å². The smallest absolute Gasteiger partial charge is 0.305 e. The van der Waals surface area contributed by atoms with Gasteiger partial charge in [0, 0.05) is 12.8 Å². The summed E-state index contributed by atoms with van der Waals surface area (Å²) in [6.07, 6.45) is 8.94. The molecular weight excluding hydrogens is 308 g/mol. The number of unbranched alkanes of at least 4 members (excludes halogenated alkanes) is 7. The third-order valence-corrected chi connectivity index (χ3v) is 4.46. The minimum atomic E-state index is -0.842. The summed E-state index contributed by atoms with van der Waals surface area (Å²) in [5, 5.41) is 29.8. The maximum Gasteiger partial charge on any atom is 0.305 e. The molecule has 0 aliphatic carbocycles. The first kappa shape index (κ1) is 23.4. The molecule has 0 aromatic rings. The number of hydrogen-bond acceptors (Lipinski definition) is 5. The largest absolute Gasteiger partial charge is 0.469 e. The van der Waals surface area contributed by atoms with Gasteiger partial charge in [-0.1, -0.05) is 58.3 Å². The minimum absolute atomic E-state index is 0.165. The van der Waals surface area contributed by atoms with E-state index in [-0.39, 0.29) is 12.4 Å². The summed E-state index contributed by atoms with van der Waals surface area (Å²) in [7, 11) is 1.40. The van der Waals surface area contributed by atoms with Crippen molar-refractivity contribution in [2.24, 2.45) is 0 Å². The summed E-state index contributed by atoms with van der Waals surface area (Å²) >= 11 is 0. The molecular formula is C19H38O5. The Morgan fingerprint density at radius 2 is 1.42 bits per heavy atom. The normalized spacial score (nSPS) is 15.0. The number of ether oxygens (including phenoxy) is 1. The SMILES string of the molecule is CCCCCCC(O)CC(O)[C@H](O)CCCCCCCC(=O)OC. The zero-order valence-electron chi connectivity index (χ0n) is 15.6. The molecule has 0 rings (SSSR count). The van der Waals surface area contributed by atoms with E-state index in [4.69, 9.17) is 0 Å². The molecule has 0 aromatic carbocycles. The summed E-state index contributed by atoms with van der Waals surface area (Å²) in [6.45, 7) is 2.15. The van der Waals surface area contributed by atoms with Gasteiger partial charge in [-0.2, -0.15) is 0 Å². The maximum atomic E-state index is 10.9. The summed E-state index contributed by atoms with van der Waals surface area (Å²) < 4.78 is 4.58. The van der Waals surface area contributed by atoms with E-state index in [9.17, 15) is 20.1 Å². The fraction of sp³-hybridized carbons (Fsp3) is 0.947. The molecule has 3 atom stereocenters. The van der Waals surface area contributed by atoms with E-state index in [2.05, 4.69) is 11.7 Å². The number of rotatable bonds is 16. The predicted molar refractivity (Wildman–Crippen MR) is 95.7 cm³/mol. The molecule has 0 fully saturated rings. The first-order chi connectivity index (χ1) is 11.5. The van der Waals surface area contributed by atoms with Gasteiger partial charge in [0.15, 0.2) is 0 Å². The van der Waals surface area contributed by atoms with Gasteiger partial charge in [0.1, 0.15) is 0 Å². The first-order valence-corrected chi connectivity index (χ1v) is 9.62. The van der Waals surface area contributed by atoms with Crippen LogP contribution in [0.1, 0.15) is 90.4 Å².